The first-order chi connectivity index (χ1) is 9.69. The average molecular weight is 345 g/mol. The van der Waals surface area contributed by atoms with Crippen LogP contribution in [-0.4, -0.2) is 12.9 Å². The van der Waals surface area contributed by atoms with E-state index in [0.29, 0.717) is 10.8 Å². The van der Waals surface area contributed by atoms with Crippen LogP contribution in [0.5, 0.6) is 5.75 Å². The third-order valence-electron chi connectivity index (χ3n) is 3.37. The van der Waals surface area contributed by atoms with Crippen LogP contribution in [0.15, 0.2) is 24.3 Å². The quantitative estimate of drug-likeness (QED) is 0.677. The van der Waals surface area contributed by atoms with Gasteiger partial charge >= 0.3 is 0 Å². The van der Waals surface area contributed by atoms with Gasteiger partial charge in [0, 0.05) is 15.5 Å². The van der Waals surface area contributed by atoms with Gasteiger partial charge in [0.25, 0.3) is 0 Å². The van der Waals surface area contributed by atoms with Crippen molar-refractivity contribution in [3.63, 3.8) is 0 Å². The molecular formula is C15H14Cl2OS2. The Kier molecular flexibility index (Phi) is 4.51. The van der Waals surface area contributed by atoms with Gasteiger partial charge in [0.15, 0.2) is 0 Å². The minimum atomic E-state index is -0.140. The molecule has 1 aromatic heterocycles. The van der Waals surface area contributed by atoms with E-state index in [1.807, 2.05) is 41.3 Å². The van der Waals surface area contributed by atoms with E-state index in [-0.39, 0.29) is 5.38 Å². The van der Waals surface area contributed by atoms with E-state index in [4.69, 9.17) is 27.9 Å². The van der Waals surface area contributed by atoms with E-state index in [1.54, 1.807) is 7.11 Å². The van der Waals surface area contributed by atoms with Crippen molar-refractivity contribution >= 4 is 46.3 Å². The number of rotatable bonds is 3. The van der Waals surface area contributed by atoms with E-state index in [9.17, 15) is 0 Å². The Labute approximate surface area is 137 Å². The second-order valence-electron chi connectivity index (χ2n) is 4.66. The van der Waals surface area contributed by atoms with Gasteiger partial charge in [-0.25, -0.2) is 0 Å². The van der Waals surface area contributed by atoms with E-state index >= 15 is 0 Å². The highest BCUT2D eigenvalue weighted by Crippen LogP contribution is 2.40. The largest absolute Gasteiger partial charge is 0.495 e. The van der Waals surface area contributed by atoms with Gasteiger partial charge in [0.1, 0.15) is 5.75 Å². The molecule has 0 N–H and O–H groups in total. The van der Waals surface area contributed by atoms with Crippen LogP contribution in [0.4, 0.5) is 0 Å². The van der Waals surface area contributed by atoms with Crippen LogP contribution in [-0.2, 0) is 12.2 Å². The molecule has 1 nitrogen and oxygen atoms in total. The zero-order valence-corrected chi connectivity index (χ0v) is 14.1. The van der Waals surface area contributed by atoms with Gasteiger partial charge < -0.3 is 4.74 Å². The van der Waals surface area contributed by atoms with Crippen molar-refractivity contribution in [2.75, 3.05) is 12.9 Å². The van der Waals surface area contributed by atoms with E-state index in [0.717, 1.165) is 17.7 Å². The van der Waals surface area contributed by atoms with Crippen molar-refractivity contribution in [1.29, 1.82) is 0 Å². The molecular weight excluding hydrogens is 331 g/mol. The van der Waals surface area contributed by atoms with Crippen LogP contribution in [0.25, 0.3) is 0 Å². The van der Waals surface area contributed by atoms with Gasteiger partial charge in [-0.1, -0.05) is 17.7 Å². The smallest absolute Gasteiger partial charge is 0.137 e. The van der Waals surface area contributed by atoms with Crippen molar-refractivity contribution in [3.05, 3.63) is 50.2 Å². The van der Waals surface area contributed by atoms with Gasteiger partial charge in [-0.05, 0) is 41.5 Å². The molecule has 1 aromatic carbocycles. The van der Waals surface area contributed by atoms with E-state index in [1.165, 1.54) is 21.1 Å². The van der Waals surface area contributed by atoms with Crippen molar-refractivity contribution in [3.8, 4) is 5.75 Å². The molecule has 2 aromatic rings. The number of ether oxygens (including phenoxy) is 1. The van der Waals surface area contributed by atoms with Crippen molar-refractivity contribution in [1.82, 2.24) is 0 Å². The third-order valence-corrected chi connectivity index (χ3v) is 6.59. The Bertz CT molecular complexity index is 601. The molecule has 3 rings (SSSR count). The lowest BCUT2D eigenvalue weighted by Crippen LogP contribution is -1.96. The second kappa shape index (κ2) is 6.18. The van der Waals surface area contributed by atoms with Gasteiger partial charge in [-0.3, -0.25) is 0 Å². The molecule has 20 heavy (non-hydrogen) atoms. The zero-order valence-electron chi connectivity index (χ0n) is 11.0. The molecule has 1 unspecified atom stereocenters. The first-order valence-corrected chi connectivity index (χ1v) is 9.14. The van der Waals surface area contributed by atoms with Crippen LogP contribution in [0, 0.1) is 0 Å². The van der Waals surface area contributed by atoms with Crippen LogP contribution < -0.4 is 4.74 Å². The normalized spacial score (nSPS) is 15.8. The van der Waals surface area contributed by atoms with Gasteiger partial charge in [0.05, 0.1) is 17.5 Å². The summed E-state index contributed by atoms with van der Waals surface area (Å²) >= 11 is 16.6. The lowest BCUT2D eigenvalue weighted by molar-refractivity contribution is 0.415. The molecule has 1 atom stereocenters. The summed E-state index contributed by atoms with van der Waals surface area (Å²) in [6.07, 6.45) is 1.16. The fourth-order valence-electron chi connectivity index (χ4n) is 2.30. The number of benzene rings is 1. The Morgan fingerprint density at radius 3 is 2.85 bits per heavy atom. The molecule has 0 fully saturated rings. The first kappa shape index (κ1) is 14.6. The average Bonchev–Trinajstić information content (AvgIpc) is 2.90. The van der Waals surface area contributed by atoms with Crippen molar-refractivity contribution in [2.45, 2.75) is 17.6 Å². The molecule has 0 spiro atoms. The summed E-state index contributed by atoms with van der Waals surface area (Å²) < 4.78 is 5.18. The van der Waals surface area contributed by atoms with E-state index in [2.05, 4.69) is 6.07 Å². The first-order valence-electron chi connectivity index (χ1n) is 6.36. The van der Waals surface area contributed by atoms with Gasteiger partial charge in [0.2, 0.25) is 0 Å². The fraction of sp³-hybridized carbons (Fsp3) is 0.333. The van der Waals surface area contributed by atoms with Crippen molar-refractivity contribution < 1.29 is 4.74 Å². The number of hydrogen-bond acceptors (Lipinski definition) is 3. The maximum atomic E-state index is 6.62. The Morgan fingerprint density at radius 1 is 1.30 bits per heavy atom. The number of halogens is 2. The standard InChI is InChI=1S/C15H14Cl2OS2/c1-18-12-3-2-9(6-11(12)16)15(17)14-7-10-8-19-5-4-13(10)20-14/h2-3,6-7,15H,4-5,8H2,1H3. The summed E-state index contributed by atoms with van der Waals surface area (Å²) in [6, 6.07) is 8.00. The number of fused-ring (bicyclic) bond motifs is 1. The highest BCUT2D eigenvalue weighted by molar-refractivity contribution is 7.98. The Hall–Kier alpha value is -0.350. The molecule has 1 aliphatic heterocycles. The predicted molar refractivity (Wildman–Crippen MR) is 89.9 cm³/mol. The zero-order chi connectivity index (χ0) is 14.1. The minimum absolute atomic E-state index is 0.140. The highest BCUT2D eigenvalue weighted by atomic mass is 35.5. The molecule has 0 bridgehead atoms. The molecule has 5 heteroatoms. The minimum Gasteiger partial charge on any atom is -0.495 e. The number of aryl methyl sites for hydroxylation is 1. The van der Waals surface area contributed by atoms with Gasteiger partial charge in [-0.15, -0.1) is 22.9 Å². The van der Waals surface area contributed by atoms with Crippen LogP contribution in [0.3, 0.4) is 0 Å². The lowest BCUT2D eigenvalue weighted by Gasteiger charge is -2.10. The van der Waals surface area contributed by atoms with Crippen molar-refractivity contribution in [2.24, 2.45) is 0 Å². The maximum absolute atomic E-state index is 6.62. The van der Waals surface area contributed by atoms with Gasteiger partial charge in [-0.2, -0.15) is 11.8 Å². The fourth-order valence-corrected chi connectivity index (χ4v) is 5.28. The van der Waals surface area contributed by atoms with E-state index < -0.39 is 0 Å². The monoisotopic (exact) mass is 344 g/mol. The molecule has 0 saturated carbocycles. The SMILES string of the molecule is COc1ccc(C(Cl)c2cc3c(s2)CCSC3)cc1Cl. The van der Waals surface area contributed by atoms with Crippen LogP contribution >= 0.6 is 46.3 Å². The highest BCUT2D eigenvalue weighted by Gasteiger charge is 2.19. The molecule has 0 amide bonds. The summed E-state index contributed by atoms with van der Waals surface area (Å²) in [7, 11) is 1.62. The van der Waals surface area contributed by atoms with Crippen LogP contribution in [0.1, 0.15) is 26.3 Å². The number of thiophene rings is 1. The summed E-state index contributed by atoms with van der Waals surface area (Å²) in [5.74, 6) is 3.01. The molecule has 2 heterocycles. The molecule has 1 aliphatic rings. The second-order valence-corrected chi connectivity index (χ2v) is 7.77. The third kappa shape index (κ3) is 2.82. The molecule has 0 radical (unpaired) electrons. The summed E-state index contributed by atoms with van der Waals surface area (Å²) in [5, 5.41) is 0.464. The number of alkyl halides is 1. The Morgan fingerprint density at radius 2 is 2.15 bits per heavy atom. The number of methoxy groups -OCH3 is 1. The summed E-state index contributed by atoms with van der Waals surface area (Å²) in [5.41, 5.74) is 2.47. The molecule has 0 saturated heterocycles. The lowest BCUT2D eigenvalue weighted by atomic mass is 10.1. The topological polar surface area (TPSA) is 9.23 Å². The predicted octanol–water partition coefficient (Wildman–Crippen LogP) is 5.53. The maximum Gasteiger partial charge on any atom is 0.137 e. The number of thioether (sulfide) groups is 1. The number of hydrogen-bond donors (Lipinski definition) is 0. The van der Waals surface area contributed by atoms with Crippen LogP contribution in [0.2, 0.25) is 5.02 Å². The summed E-state index contributed by atoms with van der Waals surface area (Å²) in [6.45, 7) is 0. The Balaban J connectivity index is 1.90. The molecule has 106 valence electrons. The summed E-state index contributed by atoms with van der Waals surface area (Å²) in [4.78, 5) is 2.70. The molecule has 0 aliphatic carbocycles.